The largest absolute Gasteiger partial charge is 0.387 e. The maximum atomic E-state index is 9.74. The highest BCUT2D eigenvalue weighted by Crippen LogP contribution is 2.23. The standard InChI is InChI=1S/C13H19N3O/c1-8(2)13-15-10-5-4-9(12(17)7-14)6-11(10)16(13)3/h4-6,8,12,17H,7,14H2,1-3H3. The lowest BCUT2D eigenvalue weighted by Crippen LogP contribution is -2.11. The van der Waals surface area contributed by atoms with Crippen molar-refractivity contribution in [2.45, 2.75) is 25.9 Å². The molecule has 1 heterocycles. The highest BCUT2D eigenvalue weighted by molar-refractivity contribution is 5.77. The summed E-state index contributed by atoms with van der Waals surface area (Å²) in [6.07, 6.45) is -0.600. The highest BCUT2D eigenvalue weighted by Gasteiger charge is 2.13. The zero-order valence-corrected chi connectivity index (χ0v) is 10.5. The Morgan fingerprint density at radius 1 is 1.41 bits per heavy atom. The van der Waals surface area contributed by atoms with Crippen LogP contribution in [0.5, 0.6) is 0 Å². The number of hydrogen-bond donors (Lipinski definition) is 2. The molecule has 1 aromatic heterocycles. The van der Waals surface area contributed by atoms with Crippen molar-refractivity contribution in [1.82, 2.24) is 9.55 Å². The quantitative estimate of drug-likeness (QED) is 0.848. The van der Waals surface area contributed by atoms with E-state index in [1.54, 1.807) is 0 Å². The molecule has 1 unspecified atom stereocenters. The first-order valence-corrected chi connectivity index (χ1v) is 5.89. The van der Waals surface area contributed by atoms with Gasteiger partial charge in [0.15, 0.2) is 0 Å². The van der Waals surface area contributed by atoms with Crippen LogP contribution in [0.3, 0.4) is 0 Å². The molecule has 3 N–H and O–H groups in total. The van der Waals surface area contributed by atoms with E-state index in [4.69, 9.17) is 5.73 Å². The summed E-state index contributed by atoms with van der Waals surface area (Å²) in [5.74, 6) is 1.44. The molecule has 1 atom stereocenters. The summed E-state index contributed by atoms with van der Waals surface area (Å²) in [6, 6.07) is 5.79. The van der Waals surface area contributed by atoms with E-state index in [1.807, 2.05) is 25.2 Å². The van der Waals surface area contributed by atoms with Crippen LogP contribution in [0, 0.1) is 0 Å². The van der Waals surface area contributed by atoms with E-state index in [-0.39, 0.29) is 6.54 Å². The van der Waals surface area contributed by atoms with Gasteiger partial charge in [0.05, 0.1) is 17.1 Å². The third kappa shape index (κ3) is 2.06. The number of benzene rings is 1. The number of fused-ring (bicyclic) bond motifs is 1. The Kier molecular flexibility index (Phi) is 3.17. The van der Waals surface area contributed by atoms with Crippen molar-refractivity contribution in [2.24, 2.45) is 12.8 Å². The van der Waals surface area contributed by atoms with Gasteiger partial charge in [-0.05, 0) is 17.7 Å². The Hall–Kier alpha value is -1.39. The summed E-state index contributed by atoms with van der Waals surface area (Å²) in [6.45, 7) is 4.48. The minimum atomic E-state index is -0.600. The molecule has 0 aliphatic carbocycles. The Balaban J connectivity index is 2.57. The molecule has 0 spiro atoms. The molecule has 1 aromatic carbocycles. The number of aryl methyl sites for hydroxylation is 1. The molecule has 17 heavy (non-hydrogen) atoms. The maximum absolute atomic E-state index is 9.74. The number of nitrogens with two attached hydrogens (primary N) is 1. The lowest BCUT2D eigenvalue weighted by atomic mass is 10.1. The molecule has 0 aliphatic heterocycles. The number of rotatable bonds is 3. The number of hydrogen-bond acceptors (Lipinski definition) is 3. The van der Waals surface area contributed by atoms with Crippen molar-refractivity contribution in [3.63, 3.8) is 0 Å². The highest BCUT2D eigenvalue weighted by atomic mass is 16.3. The minimum Gasteiger partial charge on any atom is -0.387 e. The average Bonchev–Trinajstić information content (AvgIpc) is 2.65. The fraction of sp³-hybridized carbons (Fsp3) is 0.462. The molecule has 0 saturated heterocycles. The molecule has 0 aliphatic rings. The predicted octanol–water partition coefficient (Wildman–Crippen LogP) is 1.69. The molecule has 2 rings (SSSR count). The smallest absolute Gasteiger partial charge is 0.112 e. The Morgan fingerprint density at radius 3 is 2.71 bits per heavy atom. The van der Waals surface area contributed by atoms with Crippen LogP contribution in [-0.4, -0.2) is 21.2 Å². The van der Waals surface area contributed by atoms with E-state index < -0.39 is 6.10 Å². The van der Waals surface area contributed by atoms with Crippen molar-refractivity contribution in [1.29, 1.82) is 0 Å². The van der Waals surface area contributed by atoms with Crippen LogP contribution in [-0.2, 0) is 7.05 Å². The van der Waals surface area contributed by atoms with Gasteiger partial charge in [0, 0.05) is 19.5 Å². The number of imidazole rings is 1. The van der Waals surface area contributed by atoms with Crippen LogP contribution in [0.4, 0.5) is 0 Å². The lowest BCUT2D eigenvalue weighted by Gasteiger charge is -2.08. The van der Waals surface area contributed by atoms with Gasteiger partial charge in [0.2, 0.25) is 0 Å². The Morgan fingerprint density at radius 2 is 2.12 bits per heavy atom. The first-order valence-electron chi connectivity index (χ1n) is 5.89. The van der Waals surface area contributed by atoms with Crippen molar-refractivity contribution in [3.05, 3.63) is 29.6 Å². The second-order valence-electron chi connectivity index (χ2n) is 4.68. The monoisotopic (exact) mass is 233 g/mol. The van der Waals surface area contributed by atoms with E-state index in [1.165, 1.54) is 0 Å². The first-order chi connectivity index (χ1) is 8.04. The molecule has 0 saturated carbocycles. The van der Waals surface area contributed by atoms with Gasteiger partial charge >= 0.3 is 0 Å². The molecular weight excluding hydrogens is 214 g/mol. The van der Waals surface area contributed by atoms with E-state index in [9.17, 15) is 5.11 Å². The van der Waals surface area contributed by atoms with Crippen molar-refractivity contribution in [3.8, 4) is 0 Å². The Bertz CT molecular complexity index is 531. The molecule has 0 amide bonds. The number of aliphatic hydroxyl groups is 1. The lowest BCUT2D eigenvalue weighted by molar-refractivity contribution is 0.187. The third-order valence-electron chi connectivity index (χ3n) is 3.06. The topological polar surface area (TPSA) is 64.1 Å². The molecule has 4 nitrogen and oxygen atoms in total. The summed E-state index contributed by atoms with van der Waals surface area (Å²) in [5.41, 5.74) is 8.32. The zero-order valence-electron chi connectivity index (χ0n) is 10.5. The number of aliphatic hydroxyl groups excluding tert-OH is 1. The van der Waals surface area contributed by atoms with Gasteiger partial charge in [-0.15, -0.1) is 0 Å². The zero-order chi connectivity index (χ0) is 12.6. The molecule has 4 heteroatoms. The van der Waals surface area contributed by atoms with Gasteiger partial charge in [-0.3, -0.25) is 0 Å². The Labute approximate surface area is 101 Å². The predicted molar refractivity (Wildman–Crippen MR) is 68.8 cm³/mol. The van der Waals surface area contributed by atoms with Crippen LogP contribution in [0.25, 0.3) is 11.0 Å². The van der Waals surface area contributed by atoms with Gasteiger partial charge < -0.3 is 15.4 Å². The van der Waals surface area contributed by atoms with Gasteiger partial charge in [-0.1, -0.05) is 19.9 Å². The van der Waals surface area contributed by atoms with E-state index in [0.717, 1.165) is 22.4 Å². The van der Waals surface area contributed by atoms with Crippen LogP contribution >= 0.6 is 0 Å². The molecule has 92 valence electrons. The molecule has 0 bridgehead atoms. The van der Waals surface area contributed by atoms with Crippen molar-refractivity contribution in [2.75, 3.05) is 6.54 Å². The van der Waals surface area contributed by atoms with Crippen molar-refractivity contribution >= 4 is 11.0 Å². The fourth-order valence-corrected chi connectivity index (χ4v) is 2.09. The molecular formula is C13H19N3O. The molecule has 0 fully saturated rings. The van der Waals surface area contributed by atoms with Crippen LogP contribution in [0.2, 0.25) is 0 Å². The number of aromatic nitrogens is 2. The summed E-state index contributed by atoms with van der Waals surface area (Å²) in [5, 5.41) is 9.74. The van der Waals surface area contributed by atoms with Crippen LogP contribution in [0.15, 0.2) is 18.2 Å². The van der Waals surface area contributed by atoms with Gasteiger partial charge in [0.1, 0.15) is 5.82 Å². The van der Waals surface area contributed by atoms with E-state index in [0.29, 0.717) is 5.92 Å². The summed E-state index contributed by atoms with van der Waals surface area (Å²) >= 11 is 0. The second-order valence-corrected chi connectivity index (χ2v) is 4.68. The van der Waals surface area contributed by atoms with E-state index in [2.05, 4.69) is 23.4 Å². The van der Waals surface area contributed by atoms with Crippen molar-refractivity contribution < 1.29 is 5.11 Å². The minimum absolute atomic E-state index is 0.237. The van der Waals surface area contributed by atoms with Gasteiger partial charge in [-0.2, -0.15) is 0 Å². The first kappa shape index (κ1) is 12.1. The average molecular weight is 233 g/mol. The number of nitrogens with zero attached hydrogens (tertiary/aromatic N) is 2. The second kappa shape index (κ2) is 4.47. The molecule has 0 radical (unpaired) electrons. The van der Waals surface area contributed by atoms with E-state index >= 15 is 0 Å². The van der Waals surface area contributed by atoms with Gasteiger partial charge in [0.25, 0.3) is 0 Å². The fourth-order valence-electron chi connectivity index (χ4n) is 2.09. The van der Waals surface area contributed by atoms with Crippen LogP contribution < -0.4 is 5.73 Å². The summed E-state index contributed by atoms with van der Waals surface area (Å²) in [4.78, 5) is 4.59. The maximum Gasteiger partial charge on any atom is 0.112 e. The van der Waals surface area contributed by atoms with Gasteiger partial charge in [-0.25, -0.2) is 4.98 Å². The summed E-state index contributed by atoms with van der Waals surface area (Å²) < 4.78 is 2.08. The summed E-state index contributed by atoms with van der Waals surface area (Å²) in [7, 11) is 2.00. The SMILES string of the molecule is CC(C)c1nc2ccc(C(O)CN)cc2n1C. The van der Waals surface area contributed by atoms with Crippen LogP contribution in [0.1, 0.15) is 37.3 Å². The normalized spacial score (nSPS) is 13.5. The third-order valence-corrected chi connectivity index (χ3v) is 3.06. The molecule has 2 aromatic rings.